The number of fused-ring (bicyclic) bond motifs is 1. The lowest BCUT2D eigenvalue weighted by atomic mass is 9.95. The molecule has 1 spiro atoms. The molecule has 2 nitrogen and oxygen atoms in total. The third-order valence-electron chi connectivity index (χ3n) is 4.17. The quantitative estimate of drug-likeness (QED) is 0.727. The molecule has 0 aromatic heterocycles. The van der Waals surface area contributed by atoms with Crippen LogP contribution in [0, 0.1) is 6.92 Å². The molecule has 19 heavy (non-hydrogen) atoms. The fraction of sp³-hybridized carbons (Fsp3) is 0.235. The molecule has 0 saturated carbocycles. The first kappa shape index (κ1) is 10.9. The molecule has 0 unspecified atom stereocenters. The van der Waals surface area contributed by atoms with Crippen LogP contribution in [-0.4, -0.2) is 11.4 Å². The number of hydrogen-bond donors (Lipinski definition) is 0. The van der Waals surface area contributed by atoms with Crippen LogP contribution in [0.2, 0.25) is 0 Å². The topological polar surface area (TPSA) is 29.6 Å². The Labute approximate surface area is 112 Å². The van der Waals surface area contributed by atoms with Gasteiger partial charge in [-0.1, -0.05) is 54.1 Å². The van der Waals surface area contributed by atoms with Crippen LogP contribution in [0.25, 0.3) is 0 Å². The Morgan fingerprint density at radius 1 is 1.11 bits per heavy atom. The van der Waals surface area contributed by atoms with Crippen molar-refractivity contribution in [3.8, 4) is 0 Å². The predicted molar refractivity (Wildman–Crippen MR) is 72.2 cm³/mol. The minimum Gasteiger partial charge on any atom is -0.352 e. The fourth-order valence-electron chi connectivity index (χ4n) is 3.05. The van der Waals surface area contributed by atoms with Gasteiger partial charge in [0.15, 0.2) is 11.4 Å². The lowest BCUT2D eigenvalue weighted by Crippen LogP contribution is -2.20. The maximum Gasteiger partial charge on any atom is 0.198 e. The molecule has 1 aliphatic heterocycles. The van der Waals surface area contributed by atoms with Gasteiger partial charge in [0, 0.05) is 12.0 Å². The summed E-state index contributed by atoms with van der Waals surface area (Å²) in [5.74, 6) is 0.147. The second-order valence-electron chi connectivity index (χ2n) is 5.46. The first-order valence-corrected chi connectivity index (χ1v) is 6.58. The molecular formula is C17H14O2. The zero-order valence-corrected chi connectivity index (χ0v) is 10.7. The zero-order valence-electron chi connectivity index (χ0n) is 10.7. The van der Waals surface area contributed by atoms with Gasteiger partial charge >= 0.3 is 0 Å². The van der Waals surface area contributed by atoms with Crippen molar-refractivity contribution in [3.05, 3.63) is 70.8 Å². The molecular weight excluding hydrogens is 236 g/mol. The second-order valence-corrected chi connectivity index (χ2v) is 5.46. The second kappa shape index (κ2) is 3.55. The number of Topliss-reactive ketones (excluding diaryl/α,β-unsaturated/α-hetero) is 1. The molecule has 1 saturated heterocycles. The average molecular weight is 250 g/mol. The van der Waals surface area contributed by atoms with Gasteiger partial charge in [-0.15, -0.1) is 0 Å². The number of carbonyl (C=O) groups is 1. The van der Waals surface area contributed by atoms with E-state index in [4.69, 9.17) is 4.74 Å². The Bertz CT molecular complexity index is 672. The van der Waals surface area contributed by atoms with Crippen LogP contribution in [0.3, 0.4) is 0 Å². The van der Waals surface area contributed by atoms with Crippen LogP contribution in [0.5, 0.6) is 0 Å². The van der Waals surface area contributed by atoms with Gasteiger partial charge < -0.3 is 4.74 Å². The molecule has 4 rings (SSSR count). The smallest absolute Gasteiger partial charge is 0.198 e. The van der Waals surface area contributed by atoms with E-state index in [0.717, 1.165) is 16.7 Å². The molecule has 2 heteroatoms. The normalized spacial score (nSPS) is 27.6. The Kier molecular flexibility index (Phi) is 2.04. The molecule has 0 bridgehead atoms. The van der Waals surface area contributed by atoms with E-state index >= 15 is 0 Å². The van der Waals surface area contributed by atoms with E-state index in [0.29, 0.717) is 6.42 Å². The van der Waals surface area contributed by atoms with Gasteiger partial charge in [0.2, 0.25) is 0 Å². The summed E-state index contributed by atoms with van der Waals surface area (Å²) in [6.45, 7) is 2.06. The minimum absolute atomic E-state index is 0.0759. The van der Waals surface area contributed by atoms with Crippen LogP contribution in [0.15, 0.2) is 48.5 Å². The molecule has 0 radical (unpaired) electrons. The molecule has 1 aliphatic carbocycles. The Balaban J connectivity index is 1.70. The highest BCUT2D eigenvalue weighted by molar-refractivity contribution is 6.09. The highest BCUT2D eigenvalue weighted by atomic mass is 16.6. The van der Waals surface area contributed by atoms with E-state index in [2.05, 4.69) is 31.2 Å². The van der Waals surface area contributed by atoms with E-state index in [9.17, 15) is 4.79 Å². The van der Waals surface area contributed by atoms with E-state index in [1.165, 1.54) is 5.56 Å². The Hall–Kier alpha value is -1.93. The molecule has 0 amide bonds. The van der Waals surface area contributed by atoms with Crippen molar-refractivity contribution in [2.75, 3.05) is 0 Å². The van der Waals surface area contributed by atoms with Crippen LogP contribution < -0.4 is 0 Å². The van der Waals surface area contributed by atoms with E-state index in [1.54, 1.807) is 0 Å². The first-order valence-electron chi connectivity index (χ1n) is 6.58. The summed E-state index contributed by atoms with van der Waals surface area (Å²) in [4.78, 5) is 12.5. The average Bonchev–Trinajstić information content (AvgIpc) is 3.07. The van der Waals surface area contributed by atoms with Crippen molar-refractivity contribution in [2.24, 2.45) is 0 Å². The summed E-state index contributed by atoms with van der Waals surface area (Å²) in [7, 11) is 0. The summed E-state index contributed by atoms with van der Waals surface area (Å²) < 4.78 is 5.84. The van der Waals surface area contributed by atoms with E-state index in [-0.39, 0.29) is 11.9 Å². The molecule has 2 atom stereocenters. The lowest BCUT2D eigenvalue weighted by molar-refractivity contribution is 0.0894. The maximum atomic E-state index is 12.5. The highest BCUT2D eigenvalue weighted by Gasteiger charge is 2.65. The molecule has 1 fully saturated rings. The summed E-state index contributed by atoms with van der Waals surface area (Å²) in [6.07, 6.45) is 0.633. The SMILES string of the molecule is Cc1ccc([C@H]2O[C@]23Cc2ccccc2C3=O)cc1. The van der Waals surface area contributed by atoms with Gasteiger partial charge in [-0.2, -0.15) is 0 Å². The summed E-state index contributed by atoms with van der Waals surface area (Å²) >= 11 is 0. The van der Waals surface area contributed by atoms with E-state index < -0.39 is 5.60 Å². The third kappa shape index (κ3) is 1.44. The fourth-order valence-corrected chi connectivity index (χ4v) is 3.05. The largest absolute Gasteiger partial charge is 0.352 e. The van der Waals surface area contributed by atoms with E-state index in [1.807, 2.05) is 24.3 Å². The van der Waals surface area contributed by atoms with Crippen molar-refractivity contribution in [1.29, 1.82) is 0 Å². The van der Waals surface area contributed by atoms with Gasteiger partial charge in [-0.25, -0.2) is 0 Å². The van der Waals surface area contributed by atoms with Crippen LogP contribution >= 0.6 is 0 Å². The van der Waals surface area contributed by atoms with Gasteiger partial charge in [0.25, 0.3) is 0 Å². The van der Waals surface area contributed by atoms with Gasteiger partial charge in [0.1, 0.15) is 6.10 Å². The number of hydrogen-bond acceptors (Lipinski definition) is 2. The molecule has 94 valence electrons. The summed E-state index contributed by atoms with van der Waals surface area (Å²) in [5, 5.41) is 0. The number of rotatable bonds is 1. The first-order chi connectivity index (χ1) is 9.21. The van der Waals surface area contributed by atoms with Crippen molar-refractivity contribution in [2.45, 2.75) is 25.0 Å². The van der Waals surface area contributed by atoms with Crippen molar-refractivity contribution >= 4 is 5.78 Å². The molecule has 1 heterocycles. The minimum atomic E-state index is -0.612. The number of ketones is 1. The number of aryl methyl sites for hydroxylation is 1. The van der Waals surface area contributed by atoms with Gasteiger partial charge in [-0.05, 0) is 18.1 Å². The molecule has 2 aromatic rings. The van der Waals surface area contributed by atoms with Gasteiger partial charge in [0.05, 0.1) is 0 Å². The third-order valence-corrected chi connectivity index (χ3v) is 4.17. The maximum absolute atomic E-state index is 12.5. The predicted octanol–water partition coefficient (Wildman–Crippen LogP) is 3.24. The monoisotopic (exact) mass is 250 g/mol. The van der Waals surface area contributed by atoms with Gasteiger partial charge in [-0.3, -0.25) is 4.79 Å². The summed E-state index contributed by atoms with van der Waals surface area (Å²) in [6, 6.07) is 16.1. The number of ether oxygens (including phenoxy) is 1. The van der Waals surface area contributed by atoms with Crippen LogP contribution in [-0.2, 0) is 11.2 Å². The molecule has 0 N–H and O–H groups in total. The molecule has 2 aromatic carbocycles. The van der Waals surface area contributed by atoms with Crippen LogP contribution in [0.1, 0.15) is 33.2 Å². The lowest BCUT2D eigenvalue weighted by Gasteiger charge is -2.01. The number of carbonyl (C=O) groups excluding carboxylic acids is 1. The molecule has 2 aliphatic rings. The van der Waals surface area contributed by atoms with Crippen molar-refractivity contribution in [3.63, 3.8) is 0 Å². The van der Waals surface area contributed by atoms with Crippen LogP contribution in [0.4, 0.5) is 0 Å². The van der Waals surface area contributed by atoms with Crippen molar-refractivity contribution < 1.29 is 9.53 Å². The Morgan fingerprint density at radius 2 is 1.84 bits per heavy atom. The highest BCUT2D eigenvalue weighted by Crippen LogP contribution is 2.56. The number of benzene rings is 2. The summed E-state index contributed by atoms with van der Waals surface area (Å²) in [5.41, 5.74) is 3.66. The van der Waals surface area contributed by atoms with Crippen molar-refractivity contribution in [1.82, 2.24) is 0 Å². The number of epoxide rings is 1. The zero-order chi connectivity index (χ0) is 13.0. The Morgan fingerprint density at radius 3 is 2.58 bits per heavy atom. The standard InChI is InChI=1S/C17H14O2/c1-11-6-8-12(9-7-11)16-17(19-16)10-13-4-2-3-5-14(13)15(17)18/h2-9,16H,10H2,1H3/t16-,17+/m1/s1.